The zero-order valence-corrected chi connectivity index (χ0v) is 16.5. The van der Waals surface area contributed by atoms with Gasteiger partial charge in [-0.05, 0) is 37.6 Å². The van der Waals surface area contributed by atoms with Gasteiger partial charge in [-0.25, -0.2) is 14.8 Å². The van der Waals surface area contributed by atoms with Crippen molar-refractivity contribution in [3.05, 3.63) is 58.7 Å². The van der Waals surface area contributed by atoms with Crippen LogP contribution in [0.3, 0.4) is 0 Å². The number of benzene rings is 1. The fourth-order valence-electron chi connectivity index (χ4n) is 3.29. The molecule has 3 aromatic rings. The van der Waals surface area contributed by atoms with Gasteiger partial charge < -0.3 is 15.1 Å². The van der Waals surface area contributed by atoms with Crippen molar-refractivity contribution in [1.82, 2.24) is 14.9 Å². The van der Waals surface area contributed by atoms with Crippen molar-refractivity contribution >= 4 is 23.2 Å². The first-order chi connectivity index (χ1) is 13.9. The van der Waals surface area contributed by atoms with Crippen LogP contribution in [0.15, 0.2) is 42.5 Å². The standard InChI is InChI=1S/C21H19N3O4S/c1-12-18(29-19(22-12)20(26)24-10-9-15(25)11-24)17-4-2-3-16(23-17)13-5-7-14(8-6-13)21(27)28/h2-8,15,25H,9-11H2,1H3,(H,27,28). The average Bonchev–Trinajstić information content (AvgIpc) is 3.33. The van der Waals surface area contributed by atoms with Crippen molar-refractivity contribution in [2.75, 3.05) is 13.1 Å². The molecule has 29 heavy (non-hydrogen) atoms. The normalized spacial score (nSPS) is 16.2. The molecule has 2 aromatic heterocycles. The summed E-state index contributed by atoms with van der Waals surface area (Å²) in [5.41, 5.74) is 3.17. The van der Waals surface area contributed by atoms with Crippen molar-refractivity contribution < 1.29 is 19.8 Å². The predicted octanol–water partition coefficient (Wildman–Crippen LogP) is 3.09. The van der Waals surface area contributed by atoms with Crippen LogP contribution in [0.5, 0.6) is 0 Å². The molecule has 0 saturated carbocycles. The molecule has 1 saturated heterocycles. The number of carbonyl (C=O) groups excluding carboxylic acids is 1. The van der Waals surface area contributed by atoms with E-state index < -0.39 is 12.1 Å². The fourth-order valence-corrected chi connectivity index (χ4v) is 4.30. The maximum Gasteiger partial charge on any atom is 0.335 e. The Morgan fingerprint density at radius 2 is 1.83 bits per heavy atom. The number of hydrogen-bond acceptors (Lipinski definition) is 6. The summed E-state index contributed by atoms with van der Waals surface area (Å²) in [5.74, 6) is -1.14. The summed E-state index contributed by atoms with van der Waals surface area (Å²) in [6.45, 7) is 2.72. The van der Waals surface area contributed by atoms with Gasteiger partial charge in [-0.2, -0.15) is 0 Å². The lowest BCUT2D eigenvalue weighted by Crippen LogP contribution is -2.29. The Hall–Kier alpha value is -3.10. The Balaban J connectivity index is 1.62. The number of carbonyl (C=O) groups is 2. The lowest BCUT2D eigenvalue weighted by atomic mass is 10.1. The van der Waals surface area contributed by atoms with Crippen LogP contribution in [-0.2, 0) is 0 Å². The van der Waals surface area contributed by atoms with Gasteiger partial charge in [0.15, 0.2) is 5.01 Å². The van der Waals surface area contributed by atoms with Crippen molar-refractivity contribution in [3.8, 4) is 21.8 Å². The van der Waals surface area contributed by atoms with Crippen LogP contribution in [0.25, 0.3) is 21.8 Å². The van der Waals surface area contributed by atoms with Crippen LogP contribution < -0.4 is 0 Å². The second-order valence-electron chi connectivity index (χ2n) is 6.92. The van der Waals surface area contributed by atoms with Gasteiger partial charge in [0.1, 0.15) is 0 Å². The number of carboxylic acids is 1. The van der Waals surface area contributed by atoms with E-state index in [9.17, 15) is 14.7 Å². The monoisotopic (exact) mass is 409 g/mol. The molecule has 0 spiro atoms. The van der Waals surface area contributed by atoms with Crippen LogP contribution in [0, 0.1) is 6.92 Å². The smallest absolute Gasteiger partial charge is 0.335 e. The highest BCUT2D eigenvalue weighted by Crippen LogP contribution is 2.31. The van der Waals surface area contributed by atoms with Gasteiger partial charge in [-0.3, -0.25) is 4.79 Å². The van der Waals surface area contributed by atoms with E-state index in [1.165, 1.54) is 11.3 Å². The highest BCUT2D eigenvalue weighted by molar-refractivity contribution is 7.17. The summed E-state index contributed by atoms with van der Waals surface area (Å²) >= 11 is 1.29. The number of likely N-dealkylation sites (tertiary alicyclic amines) is 1. The molecule has 3 heterocycles. The van der Waals surface area contributed by atoms with Crippen LogP contribution in [0.2, 0.25) is 0 Å². The molecule has 8 heteroatoms. The third kappa shape index (κ3) is 3.90. The number of nitrogens with zero attached hydrogens (tertiary/aromatic N) is 3. The minimum Gasteiger partial charge on any atom is -0.478 e. The minimum atomic E-state index is -0.971. The molecular formula is C21H19N3O4S. The summed E-state index contributed by atoms with van der Waals surface area (Å²) in [4.78, 5) is 35.3. The van der Waals surface area contributed by atoms with Crippen molar-refractivity contribution in [2.45, 2.75) is 19.4 Å². The van der Waals surface area contributed by atoms with Gasteiger partial charge in [0, 0.05) is 18.7 Å². The number of thiazole rings is 1. The SMILES string of the molecule is Cc1nc(C(=O)N2CCC(O)C2)sc1-c1cccc(-c2ccc(C(=O)O)cc2)n1. The van der Waals surface area contributed by atoms with Gasteiger partial charge in [-0.1, -0.05) is 18.2 Å². The van der Waals surface area contributed by atoms with E-state index in [1.54, 1.807) is 29.2 Å². The number of carboxylic acid groups (broad SMARTS) is 1. The number of aryl methyl sites for hydroxylation is 1. The average molecular weight is 409 g/mol. The van der Waals surface area contributed by atoms with Crippen molar-refractivity contribution in [1.29, 1.82) is 0 Å². The molecule has 0 bridgehead atoms. The number of β-amino-alcohol motifs (C(OH)–C–C–N with tert-alkyl or cyclic N) is 1. The maximum atomic E-state index is 12.7. The molecule has 1 unspecified atom stereocenters. The summed E-state index contributed by atoms with van der Waals surface area (Å²) in [6.07, 6.45) is 0.123. The topological polar surface area (TPSA) is 104 Å². The van der Waals surface area contributed by atoms with Gasteiger partial charge in [0.05, 0.1) is 33.6 Å². The Kier molecular flexibility index (Phi) is 5.12. The Morgan fingerprint density at radius 3 is 2.48 bits per heavy atom. The summed E-state index contributed by atoms with van der Waals surface area (Å²) < 4.78 is 0. The molecule has 2 N–H and O–H groups in total. The lowest BCUT2D eigenvalue weighted by Gasteiger charge is -2.12. The van der Waals surface area contributed by atoms with Gasteiger partial charge in [0.25, 0.3) is 5.91 Å². The van der Waals surface area contributed by atoms with E-state index in [0.717, 1.165) is 16.1 Å². The number of hydrogen-bond donors (Lipinski definition) is 2. The van der Waals surface area contributed by atoms with Crippen LogP contribution in [-0.4, -0.2) is 56.2 Å². The van der Waals surface area contributed by atoms with E-state index >= 15 is 0 Å². The van der Waals surface area contributed by atoms with Gasteiger partial charge in [-0.15, -0.1) is 11.3 Å². The first kappa shape index (κ1) is 19.2. The number of aromatic carboxylic acids is 1. The van der Waals surface area contributed by atoms with E-state index in [2.05, 4.69) is 9.97 Å². The quantitative estimate of drug-likeness (QED) is 0.686. The van der Waals surface area contributed by atoms with Crippen molar-refractivity contribution in [3.63, 3.8) is 0 Å². The first-order valence-corrected chi connectivity index (χ1v) is 10.00. The maximum absolute atomic E-state index is 12.7. The number of aromatic nitrogens is 2. The predicted molar refractivity (Wildman–Crippen MR) is 109 cm³/mol. The zero-order valence-electron chi connectivity index (χ0n) is 15.7. The third-order valence-corrected chi connectivity index (χ3v) is 6.01. The molecule has 1 atom stereocenters. The highest BCUT2D eigenvalue weighted by Gasteiger charge is 2.28. The Morgan fingerprint density at radius 1 is 1.10 bits per heavy atom. The zero-order chi connectivity index (χ0) is 20.5. The molecule has 4 rings (SSSR count). The third-order valence-electron chi connectivity index (χ3n) is 4.84. The molecule has 1 amide bonds. The second kappa shape index (κ2) is 7.73. The number of aliphatic hydroxyl groups excluding tert-OH is 1. The number of rotatable bonds is 4. The van der Waals surface area contributed by atoms with Crippen LogP contribution >= 0.6 is 11.3 Å². The van der Waals surface area contributed by atoms with E-state index in [4.69, 9.17) is 5.11 Å². The molecule has 1 aliphatic heterocycles. The van der Waals surface area contributed by atoms with E-state index in [1.807, 2.05) is 25.1 Å². The molecule has 1 aliphatic rings. The summed E-state index contributed by atoms with van der Waals surface area (Å²) in [7, 11) is 0. The molecule has 0 radical (unpaired) electrons. The number of pyridine rings is 1. The number of aliphatic hydroxyl groups is 1. The molecule has 0 aliphatic carbocycles. The molecular weight excluding hydrogens is 390 g/mol. The van der Waals surface area contributed by atoms with Crippen LogP contribution in [0.4, 0.5) is 0 Å². The minimum absolute atomic E-state index is 0.165. The fraction of sp³-hybridized carbons (Fsp3) is 0.238. The van der Waals surface area contributed by atoms with E-state index in [-0.39, 0.29) is 11.5 Å². The molecule has 148 valence electrons. The summed E-state index contributed by atoms with van der Waals surface area (Å²) in [5, 5.41) is 19.1. The first-order valence-electron chi connectivity index (χ1n) is 9.18. The van der Waals surface area contributed by atoms with Gasteiger partial charge >= 0.3 is 5.97 Å². The van der Waals surface area contributed by atoms with Gasteiger partial charge in [0.2, 0.25) is 0 Å². The second-order valence-corrected chi connectivity index (χ2v) is 7.92. The highest BCUT2D eigenvalue weighted by atomic mass is 32.1. The van der Waals surface area contributed by atoms with Crippen LogP contribution in [0.1, 0.15) is 32.3 Å². The van der Waals surface area contributed by atoms with Crippen molar-refractivity contribution in [2.24, 2.45) is 0 Å². The molecule has 1 fully saturated rings. The largest absolute Gasteiger partial charge is 0.478 e. The lowest BCUT2D eigenvalue weighted by molar-refractivity contribution is 0.0696. The molecule has 7 nitrogen and oxygen atoms in total. The molecule has 1 aromatic carbocycles. The Labute approximate surface area is 171 Å². The summed E-state index contributed by atoms with van der Waals surface area (Å²) in [6, 6.07) is 12.1. The number of amides is 1. The Bertz CT molecular complexity index is 1080. The van der Waals surface area contributed by atoms with E-state index in [0.29, 0.717) is 35.9 Å².